The monoisotopic (exact) mass is 492 g/mol. The molecule has 0 unspecified atom stereocenters. The minimum absolute atomic E-state index is 0. The minimum Gasteiger partial charge on any atom is -0.357 e. The van der Waals surface area contributed by atoms with E-state index < -0.39 is 0 Å². The second kappa shape index (κ2) is 10.00. The van der Waals surface area contributed by atoms with E-state index in [0.717, 1.165) is 56.1 Å². The van der Waals surface area contributed by atoms with Crippen LogP contribution in [0.3, 0.4) is 0 Å². The van der Waals surface area contributed by atoms with Crippen molar-refractivity contribution in [3.05, 3.63) is 17.5 Å². The first-order valence-electron chi connectivity index (χ1n) is 8.59. The van der Waals surface area contributed by atoms with E-state index in [4.69, 9.17) is 4.52 Å². The van der Waals surface area contributed by atoms with Crippen LogP contribution in [0.1, 0.15) is 31.4 Å². The van der Waals surface area contributed by atoms with Crippen LogP contribution in [0.2, 0.25) is 0 Å². The molecule has 1 N–H and O–H groups in total. The molecule has 1 saturated heterocycles. The Hall–Kier alpha value is -1.50. The van der Waals surface area contributed by atoms with Crippen molar-refractivity contribution in [1.82, 2.24) is 29.7 Å². The molecule has 0 bridgehead atoms. The molecule has 144 valence electrons. The Labute approximate surface area is 174 Å². The van der Waals surface area contributed by atoms with Crippen LogP contribution in [0.5, 0.6) is 0 Å². The van der Waals surface area contributed by atoms with E-state index in [1.54, 1.807) is 6.92 Å². The molecule has 0 aromatic carbocycles. The molecule has 26 heavy (non-hydrogen) atoms. The van der Waals surface area contributed by atoms with Gasteiger partial charge in [0.05, 0.1) is 0 Å². The van der Waals surface area contributed by atoms with Crippen molar-refractivity contribution in [2.24, 2.45) is 4.99 Å². The molecular weight excluding hydrogens is 467 g/mol. The molecule has 1 fully saturated rings. The molecule has 2 aromatic rings. The average molecular weight is 492 g/mol. The van der Waals surface area contributed by atoms with E-state index in [1.807, 2.05) is 0 Å². The summed E-state index contributed by atoms with van der Waals surface area (Å²) in [6, 6.07) is 0. The molecule has 0 aliphatic carbocycles. The van der Waals surface area contributed by atoms with Crippen molar-refractivity contribution < 1.29 is 4.52 Å². The third-order valence-electron chi connectivity index (χ3n) is 3.89. The Balaban J connectivity index is 0.00000243. The number of aryl methyl sites for hydroxylation is 2. The van der Waals surface area contributed by atoms with E-state index in [9.17, 15) is 0 Å². The summed E-state index contributed by atoms with van der Waals surface area (Å²) in [5.74, 6) is 2.97. The summed E-state index contributed by atoms with van der Waals surface area (Å²) in [5.41, 5.74) is 0. The van der Waals surface area contributed by atoms with Gasteiger partial charge >= 0.3 is 0 Å². The highest BCUT2D eigenvalue weighted by Gasteiger charge is 2.22. The van der Waals surface area contributed by atoms with E-state index in [2.05, 4.69) is 53.5 Å². The largest absolute Gasteiger partial charge is 0.357 e. The fraction of sp³-hybridized carbons (Fsp3) is 0.667. The lowest BCUT2D eigenvalue weighted by Gasteiger charge is -2.36. The Morgan fingerprint density at radius 2 is 2.00 bits per heavy atom. The lowest BCUT2D eigenvalue weighted by Crippen LogP contribution is -2.52. The van der Waals surface area contributed by atoms with Gasteiger partial charge in [-0.25, -0.2) is 9.98 Å². The van der Waals surface area contributed by atoms with Gasteiger partial charge in [0.1, 0.15) is 12.4 Å². The van der Waals surface area contributed by atoms with E-state index >= 15 is 0 Å². The van der Waals surface area contributed by atoms with Crippen LogP contribution in [-0.2, 0) is 13.0 Å². The molecule has 1 aliphatic heterocycles. The number of hydrogen-bond acceptors (Lipinski definition) is 8. The normalized spacial score (nSPS) is 15.1. The standard InChI is InChI=1S/C15H24N8OS.HI/c1-4-12-19-15(25-21-12)23-8-6-22(7-9-23)14(16-5-2)17-10-13-18-11(3)20-24-13;/h4-10H2,1-3H3,(H,16,17);1H. The van der Waals surface area contributed by atoms with E-state index in [0.29, 0.717) is 18.3 Å². The van der Waals surface area contributed by atoms with Crippen molar-refractivity contribution in [2.75, 3.05) is 37.6 Å². The highest BCUT2D eigenvalue weighted by molar-refractivity contribution is 14.0. The number of anilines is 1. The summed E-state index contributed by atoms with van der Waals surface area (Å²) < 4.78 is 9.51. The molecule has 3 heterocycles. The zero-order valence-corrected chi connectivity index (χ0v) is 18.5. The zero-order valence-electron chi connectivity index (χ0n) is 15.3. The molecule has 2 aromatic heterocycles. The Morgan fingerprint density at radius 3 is 2.58 bits per heavy atom. The van der Waals surface area contributed by atoms with Crippen LogP contribution in [0.15, 0.2) is 9.52 Å². The van der Waals surface area contributed by atoms with Crippen molar-refractivity contribution in [3.63, 3.8) is 0 Å². The zero-order chi connectivity index (χ0) is 17.6. The van der Waals surface area contributed by atoms with E-state index in [1.165, 1.54) is 11.5 Å². The van der Waals surface area contributed by atoms with Crippen molar-refractivity contribution in [1.29, 1.82) is 0 Å². The number of nitrogens with one attached hydrogen (secondary N) is 1. The summed E-state index contributed by atoms with van der Waals surface area (Å²) in [5, 5.41) is 8.15. The fourth-order valence-electron chi connectivity index (χ4n) is 2.60. The van der Waals surface area contributed by atoms with Crippen LogP contribution in [0.4, 0.5) is 5.13 Å². The van der Waals surface area contributed by atoms with Crippen molar-refractivity contribution in [2.45, 2.75) is 33.7 Å². The number of rotatable bonds is 5. The second-order valence-electron chi connectivity index (χ2n) is 5.73. The first-order chi connectivity index (χ1) is 12.2. The summed E-state index contributed by atoms with van der Waals surface area (Å²) in [6.45, 7) is 10.7. The van der Waals surface area contributed by atoms with Crippen molar-refractivity contribution >= 4 is 46.6 Å². The number of halogens is 1. The predicted molar refractivity (Wildman–Crippen MR) is 112 cm³/mol. The quantitative estimate of drug-likeness (QED) is 0.383. The fourth-order valence-corrected chi connectivity index (χ4v) is 3.40. The maximum atomic E-state index is 5.13. The molecule has 1 aliphatic rings. The lowest BCUT2D eigenvalue weighted by atomic mass is 10.3. The molecule has 3 rings (SSSR count). The van der Waals surface area contributed by atoms with Crippen molar-refractivity contribution in [3.8, 4) is 0 Å². The first kappa shape index (κ1) is 20.8. The first-order valence-corrected chi connectivity index (χ1v) is 9.37. The number of hydrogen-bond donors (Lipinski definition) is 1. The van der Waals surface area contributed by atoms with E-state index in [-0.39, 0.29) is 24.0 Å². The average Bonchev–Trinajstić information content (AvgIpc) is 3.27. The lowest BCUT2D eigenvalue weighted by molar-refractivity contribution is 0.363. The molecule has 0 atom stereocenters. The van der Waals surface area contributed by atoms with Gasteiger partial charge in [-0.15, -0.1) is 24.0 Å². The number of aliphatic imine (C=N–C) groups is 1. The summed E-state index contributed by atoms with van der Waals surface area (Å²) >= 11 is 1.48. The van der Waals surface area contributed by atoms with Crippen LogP contribution in [0.25, 0.3) is 0 Å². The molecular formula is C15H25IN8OS. The highest BCUT2D eigenvalue weighted by Crippen LogP contribution is 2.19. The van der Waals surface area contributed by atoms with Crippen LogP contribution in [-0.4, -0.2) is 63.1 Å². The number of piperazine rings is 1. The van der Waals surface area contributed by atoms with Crippen LogP contribution >= 0.6 is 35.5 Å². The molecule has 0 amide bonds. The minimum atomic E-state index is 0. The van der Waals surface area contributed by atoms with Gasteiger partial charge in [0.15, 0.2) is 11.8 Å². The number of aromatic nitrogens is 4. The maximum absolute atomic E-state index is 5.13. The Morgan fingerprint density at radius 1 is 1.23 bits per heavy atom. The summed E-state index contributed by atoms with van der Waals surface area (Å²) in [7, 11) is 0. The highest BCUT2D eigenvalue weighted by atomic mass is 127. The molecule has 0 radical (unpaired) electrons. The number of nitrogens with zero attached hydrogens (tertiary/aromatic N) is 7. The van der Waals surface area contributed by atoms with Gasteiger partial charge < -0.3 is 19.6 Å². The van der Waals surface area contributed by atoms with Gasteiger partial charge in [0, 0.05) is 50.7 Å². The predicted octanol–water partition coefficient (Wildman–Crippen LogP) is 1.70. The number of guanidine groups is 1. The Bertz CT molecular complexity index is 710. The third-order valence-corrected chi connectivity index (χ3v) is 4.71. The molecule has 11 heteroatoms. The SMILES string of the molecule is CCNC(=NCc1nc(C)no1)N1CCN(c2nc(CC)ns2)CC1.I. The third kappa shape index (κ3) is 5.25. The van der Waals surface area contributed by atoms with Gasteiger partial charge in [-0.2, -0.15) is 9.36 Å². The van der Waals surface area contributed by atoms with Gasteiger partial charge in [-0.05, 0) is 13.8 Å². The van der Waals surface area contributed by atoms with Gasteiger partial charge in [-0.1, -0.05) is 12.1 Å². The van der Waals surface area contributed by atoms with Gasteiger partial charge in [0.25, 0.3) is 0 Å². The molecule has 9 nitrogen and oxygen atoms in total. The van der Waals surface area contributed by atoms with Crippen LogP contribution < -0.4 is 10.2 Å². The summed E-state index contributed by atoms with van der Waals surface area (Å²) in [6.07, 6.45) is 0.878. The topological polar surface area (TPSA) is 95.6 Å². The second-order valence-corrected chi connectivity index (χ2v) is 6.46. The molecule has 0 spiro atoms. The smallest absolute Gasteiger partial charge is 0.248 e. The van der Waals surface area contributed by atoms with Crippen LogP contribution in [0, 0.1) is 6.92 Å². The molecule has 0 saturated carbocycles. The maximum Gasteiger partial charge on any atom is 0.248 e. The Kier molecular flexibility index (Phi) is 8.00. The van der Waals surface area contributed by atoms with Gasteiger partial charge in [0.2, 0.25) is 11.0 Å². The van der Waals surface area contributed by atoms with Gasteiger partial charge in [-0.3, -0.25) is 0 Å². The summed E-state index contributed by atoms with van der Waals surface area (Å²) in [4.78, 5) is 17.9.